The quantitative estimate of drug-likeness (QED) is 0.174. The molecule has 12 heteroatoms. The van der Waals surface area contributed by atoms with Gasteiger partial charge in [-0.1, -0.05) is 52.5 Å². The fraction of sp³-hybridized carbons (Fsp3) is 0.0870. The van der Waals surface area contributed by atoms with Crippen LogP contribution in [0.15, 0.2) is 58.1 Å². The molecule has 0 saturated carbocycles. The lowest BCUT2D eigenvalue weighted by Crippen LogP contribution is -2.32. The van der Waals surface area contributed by atoms with Crippen LogP contribution in [0.25, 0.3) is 0 Å². The predicted molar refractivity (Wildman–Crippen MR) is 142 cm³/mol. The van der Waals surface area contributed by atoms with Gasteiger partial charge >= 0.3 is 11.8 Å². The number of carbonyl (C=O) groups is 2. The van der Waals surface area contributed by atoms with Crippen molar-refractivity contribution in [2.45, 2.75) is 6.61 Å². The first kappa shape index (κ1) is 27.1. The Morgan fingerprint density at radius 2 is 1.69 bits per heavy atom. The molecule has 3 aromatic rings. The molecule has 182 valence electrons. The Kier molecular flexibility index (Phi) is 9.65. The average molecular weight is 620 g/mol. The van der Waals surface area contributed by atoms with E-state index in [2.05, 4.69) is 31.8 Å². The molecule has 7 nitrogen and oxygen atoms in total. The molecule has 0 aromatic heterocycles. The van der Waals surface area contributed by atoms with E-state index in [-0.39, 0.29) is 11.6 Å². The minimum Gasteiger partial charge on any atom is -0.493 e. The molecule has 0 bridgehead atoms. The van der Waals surface area contributed by atoms with Gasteiger partial charge in [-0.05, 0) is 64.0 Å². The molecule has 2 amide bonds. The second-order valence-corrected chi connectivity index (χ2v) is 9.29. The third-order valence-electron chi connectivity index (χ3n) is 4.44. The standard InChI is InChI=1S/C23H16BrCl4N3O4/c1-34-20-8-12(7-15(24)21(20)35-11-14-16(25)3-2-4-17(14)26)10-29-31-23(33)22(32)30-13-5-6-18(27)19(28)9-13/h2-10H,11H2,1H3,(H,30,32)(H,31,33)/b29-10+. The topological polar surface area (TPSA) is 89.0 Å². The Balaban J connectivity index is 1.65. The lowest BCUT2D eigenvalue weighted by Gasteiger charge is -2.14. The van der Waals surface area contributed by atoms with E-state index in [0.29, 0.717) is 47.9 Å². The molecule has 3 aromatic carbocycles. The molecule has 0 unspecified atom stereocenters. The van der Waals surface area contributed by atoms with Gasteiger partial charge in [0.15, 0.2) is 11.5 Å². The summed E-state index contributed by atoms with van der Waals surface area (Å²) in [6, 6.07) is 12.9. The second kappa shape index (κ2) is 12.5. The van der Waals surface area contributed by atoms with E-state index in [0.717, 1.165) is 0 Å². The van der Waals surface area contributed by atoms with Crippen molar-refractivity contribution in [1.82, 2.24) is 5.43 Å². The molecule has 0 heterocycles. The van der Waals surface area contributed by atoms with Crippen LogP contribution >= 0.6 is 62.3 Å². The molecular weight excluding hydrogens is 604 g/mol. The van der Waals surface area contributed by atoms with E-state index in [1.54, 1.807) is 30.3 Å². The predicted octanol–water partition coefficient (Wildman–Crippen LogP) is 6.74. The van der Waals surface area contributed by atoms with E-state index in [1.807, 2.05) is 0 Å². The lowest BCUT2D eigenvalue weighted by atomic mass is 10.2. The third kappa shape index (κ3) is 7.25. The third-order valence-corrected chi connectivity index (χ3v) is 6.47. The summed E-state index contributed by atoms with van der Waals surface area (Å²) in [5.74, 6) is -1.09. The van der Waals surface area contributed by atoms with E-state index >= 15 is 0 Å². The largest absolute Gasteiger partial charge is 0.493 e. The maximum absolute atomic E-state index is 12.1. The van der Waals surface area contributed by atoms with Crippen LogP contribution in [0.4, 0.5) is 5.69 Å². The van der Waals surface area contributed by atoms with Crippen molar-refractivity contribution < 1.29 is 19.1 Å². The number of amides is 2. The van der Waals surface area contributed by atoms with Crippen LogP contribution in [0, 0.1) is 0 Å². The first-order chi connectivity index (χ1) is 16.7. The SMILES string of the molecule is COc1cc(/C=N/NC(=O)C(=O)Nc2ccc(Cl)c(Cl)c2)cc(Br)c1OCc1c(Cl)cccc1Cl. The molecule has 0 aliphatic heterocycles. The highest BCUT2D eigenvalue weighted by atomic mass is 79.9. The number of hydrogen-bond donors (Lipinski definition) is 2. The Labute approximate surface area is 229 Å². The highest BCUT2D eigenvalue weighted by Crippen LogP contribution is 2.37. The van der Waals surface area contributed by atoms with Crippen molar-refractivity contribution in [2.75, 3.05) is 12.4 Å². The highest BCUT2D eigenvalue weighted by Gasteiger charge is 2.15. The fourth-order valence-corrected chi connectivity index (χ4v) is 4.13. The van der Waals surface area contributed by atoms with E-state index in [9.17, 15) is 9.59 Å². The van der Waals surface area contributed by atoms with Gasteiger partial charge in [0.25, 0.3) is 0 Å². The second-order valence-electron chi connectivity index (χ2n) is 6.81. The van der Waals surface area contributed by atoms with Gasteiger partial charge in [0.1, 0.15) is 6.61 Å². The zero-order valence-corrected chi connectivity index (χ0v) is 22.5. The summed E-state index contributed by atoms with van der Waals surface area (Å²) in [4.78, 5) is 24.1. The van der Waals surface area contributed by atoms with Crippen LogP contribution in [0.1, 0.15) is 11.1 Å². The normalized spacial score (nSPS) is 10.8. The molecule has 0 fully saturated rings. The number of nitrogens with one attached hydrogen (secondary N) is 2. The number of methoxy groups -OCH3 is 1. The van der Waals surface area contributed by atoms with E-state index in [4.69, 9.17) is 55.9 Å². The van der Waals surface area contributed by atoms with Crippen LogP contribution in [0.3, 0.4) is 0 Å². The highest BCUT2D eigenvalue weighted by molar-refractivity contribution is 9.10. The minimum absolute atomic E-state index is 0.116. The summed E-state index contributed by atoms with van der Waals surface area (Å²) in [6.07, 6.45) is 1.34. The molecule has 0 radical (unpaired) electrons. The molecule has 35 heavy (non-hydrogen) atoms. The molecule has 0 spiro atoms. The van der Waals surface area contributed by atoms with Gasteiger partial charge in [-0.25, -0.2) is 5.43 Å². The van der Waals surface area contributed by atoms with Crippen LogP contribution in [-0.2, 0) is 16.2 Å². The number of benzene rings is 3. The number of carbonyl (C=O) groups excluding carboxylic acids is 2. The molecule has 0 saturated heterocycles. The van der Waals surface area contributed by atoms with Crippen molar-refractivity contribution in [1.29, 1.82) is 0 Å². The van der Waals surface area contributed by atoms with E-state index < -0.39 is 11.8 Å². The van der Waals surface area contributed by atoms with Gasteiger partial charge in [0.05, 0.1) is 27.8 Å². The zero-order chi connectivity index (χ0) is 25.5. The lowest BCUT2D eigenvalue weighted by molar-refractivity contribution is -0.136. The Bertz CT molecular complexity index is 1280. The Morgan fingerprint density at radius 1 is 0.971 bits per heavy atom. The van der Waals surface area contributed by atoms with Crippen molar-refractivity contribution in [3.05, 3.63) is 84.2 Å². The maximum atomic E-state index is 12.1. The van der Waals surface area contributed by atoms with Gasteiger partial charge in [-0.3, -0.25) is 9.59 Å². The number of nitrogens with zero attached hydrogens (tertiary/aromatic N) is 1. The van der Waals surface area contributed by atoms with Gasteiger partial charge in [-0.2, -0.15) is 5.10 Å². The van der Waals surface area contributed by atoms with E-state index in [1.165, 1.54) is 31.5 Å². The molecule has 0 aliphatic carbocycles. The van der Waals surface area contributed by atoms with Crippen molar-refractivity contribution in [3.8, 4) is 11.5 Å². The first-order valence-electron chi connectivity index (χ1n) is 9.72. The van der Waals surface area contributed by atoms with Crippen LogP contribution < -0.4 is 20.2 Å². The summed E-state index contributed by atoms with van der Waals surface area (Å²) in [5, 5.41) is 7.74. The molecule has 3 rings (SSSR count). The summed E-state index contributed by atoms with van der Waals surface area (Å²) in [5.41, 5.74) is 3.66. The summed E-state index contributed by atoms with van der Waals surface area (Å²) in [6.45, 7) is 0.116. The number of halogens is 5. The molecule has 0 atom stereocenters. The van der Waals surface area contributed by atoms with Crippen molar-refractivity contribution in [3.63, 3.8) is 0 Å². The van der Waals surface area contributed by atoms with Crippen molar-refractivity contribution >= 4 is 86.1 Å². The van der Waals surface area contributed by atoms with Gasteiger partial charge in [0, 0.05) is 21.3 Å². The van der Waals surface area contributed by atoms with Gasteiger partial charge in [0.2, 0.25) is 0 Å². The van der Waals surface area contributed by atoms with Gasteiger partial charge in [-0.15, -0.1) is 0 Å². The minimum atomic E-state index is -0.977. The Morgan fingerprint density at radius 3 is 2.34 bits per heavy atom. The zero-order valence-electron chi connectivity index (χ0n) is 17.9. The van der Waals surface area contributed by atoms with Crippen molar-refractivity contribution in [2.24, 2.45) is 5.10 Å². The number of anilines is 1. The molecular formula is C23H16BrCl4N3O4. The monoisotopic (exact) mass is 617 g/mol. The van der Waals surface area contributed by atoms with Crippen LogP contribution in [0.5, 0.6) is 11.5 Å². The number of ether oxygens (including phenoxy) is 2. The van der Waals surface area contributed by atoms with Gasteiger partial charge < -0.3 is 14.8 Å². The summed E-state index contributed by atoms with van der Waals surface area (Å²) >= 11 is 27.6. The fourth-order valence-electron chi connectivity index (χ4n) is 2.75. The number of rotatable bonds is 7. The van der Waals surface area contributed by atoms with Crippen LogP contribution in [0.2, 0.25) is 20.1 Å². The van der Waals surface area contributed by atoms with Crippen LogP contribution in [-0.4, -0.2) is 25.1 Å². The molecule has 2 N–H and O–H groups in total. The average Bonchev–Trinajstić information content (AvgIpc) is 2.81. The summed E-state index contributed by atoms with van der Waals surface area (Å²) < 4.78 is 11.9. The number of hydrogen-bond acceptors (Lipinski definition) is 5. The maximum Gasteiger partial charge on any atom is 0.329 e. The number of hydrazone groups is 1. The first-order valence-corrected chi connectivity index (χ1v) is 12.0. The summed E-state index contributed by atoms with van der Waals surface area (Å²) in [7, 11) is 1.48. The Hall–Kier alpha value is -2.49. The molecule has 0 aliphatic rings. The smallest absolute Gasteiger partial charge is 0.329 e.